The highest BCUT2D eigenvalue weighted by molar-refractivity contribution is 6.36. The Balaban J connectivity index is 2.12. The van der Waals surface area contributed by atoms with Gasteiger partial charge in [-0.15, -0.1) is 0 Å². The molecule has 1 aromatic carbocycles. The van der Waals surface area contributed by atoms with Crippen molar-refractivity contribution in [1.29, 1.82) is 0 Å². The first-order valence-electron chi connectivity index (χ1n) is 7.13. The number of carbonyl (C=O) groups excluding carboxylic acids is 2. The molecule has 2 rings (SSSR count). The smallest absolute Gasteiger partial charge is 0.328 e. The van der Waals surface area contributed by atoms with Crippen LogP contribution in [-0.4, -0.2) is 49.2 Å². The molecule has 2 atom stereocenters. The highest BCUT2D eigenvalue weighted by Gasteiger charge is 2.39. The topological polar surface area (TPSA) is 95.9 Å². The van der Waals surface area contributed by atoms with Gasteiger partial charge in [0, 0.05) is 18.7 Å². The number of carboxylic acids is 1. The maximum atomic E-state index is 12.5. The first kappa shape index (κ1) is 18.5. The van der Waals surface area contributed by atoms with Crippen LogP contribution in [0.1, 0.15) is 6.42 Å². The first-order chi connectivity index (χ1) is 11.3. The Hall–Kier alpha value is -1.83. The van der Waals surface area contributed by atoms with Gasteiger partial charge >= 0.3 is 5.97 Å². The minimum atomic E-state index is -1.23. The summed E-state index contributed by atoms with van der Waals surface area (Å²) in [5.41, 5.74) is 0.427. The largest absolute Gasteiger partial charge is 0.480 e. The fourth-order valence-corrected chi connectivity index (χ4v) is 2.85. The average molecular weight is 375 g/mol. The molecule has 2 unspecified atom stereocenters. The number of aliphatic carboxylic acids is 1. The lowest BCUT2D eigenvalue weighted by Crippen LogP contribution is -2.47. The Labute approximate surface area is 148 Å². The fourth-order valence-electron chi connectivity index (χ4n) is 2.47. The monoisotopic (exact) mass is 374 g/mol. The van der Waals surface area contributed by atoms with Crippen LogP contribution in [-0.2, 0) is 19.1 Å². The molecule has 7 nitrogen and oxygen atoms in total. The zero-order valence-electron chi connectivity index (χ0n) is 12.8. The third kappa shape index (κ3) is 3.98. The van der Waals surface area contributed by atoms with Crippen LogP contribution >= 0.6 is 23.2 Å². The second-order valence-corrected chi connectivity index (χ2v) is 6.13. The number of amides is 2. The van der Waals surface area contributed by atoms with E-state index in [-0.39, 0.29) is 13.0 Å². The molecular formula is C15H16Cl2N2O5. The number of hydrogen-bond donors (Lipinski definition) is 2. The average Bonchev–Trinajstić information content (AvgIpc) is 2.90. The summed E-state index contributed by atoms with van der Waals surface area (Å²) in [7, 11) is 1.33. The number of nitrogens with zero attached hydrogens (tertiary/aromatic N) is 1. The lowest BCUT2D eigenvalue weighted by atomic mass is 10.1. The Bertz CT molecular complexity index is 667. The molecule has 1 aliphatic rings. The predicted molar refractivity (Wildman–Crippen MR) is 88.4 cm³/mol. The Morgan fingerprint density at radius 2 is 2.17 bits per heavy atom. The molecule has 0 aliphatic carbocycles. The van der Waals surface area contributed by atoms with Gasteiger partial charge in [-0.1, -0.05) is 23.2 Å². The summed E-state index contributed by atoms with van der Waals surface area (Å²) in [6.07, 6.45) is 0.257. The van der Waals surface area contributed by atoms with Crippen LogP contribution in [0.25, 0.3) is 0 Å². The van der Waals surface area contributed by atoms with Gasteiger partial charge in [0.05, 0.1) is 17.3 Å². The summed E-state index contributed by atoms with van der Waals surface area (Å²) in [5, 5.41) is 12.1. The van der Waals surface area contributed by atoms with E-state index in [2.05, 4.69) is 5.32 Å². The van der Waals surface area contributed by atoms with E-state index < -0.39 is 29.7 Å². The van der Waals surface area contributed by atoms with E-state index >= 15 is 0 Å². The summed E-state index contributed by atoms with van der Waals surface area (Å²) in [4.78, 5) is 37.2. The zero-order chi connectivity index (χ0) is 17.9. The summed E-state index contributed by atoms with van der Waals surface area (Å²) in [6.45, 7) is 0.102. The normalized spacial score (nSPS) is 18.5. The van der Waals surface area contributed by atoms with Crippen LogP contribution in [0.4, 0.5) is 5.69 Å². The number of carbonyl (C=O) groups is 3. The molecule has 24 heavy (non-hydrogen) atoms. The van der Waals surface area contributed by atoms with Crippen molar-refractivity contribution in [2.75, 3.05) is 25.2 Å². The van der Waals surface area contributed by atoms with Gasteiger partial charge in [-0.2, -0.15) is 0 Å². The van der Waals surface area contributed by atoms with Crippen LogP contribution in [0.2, 0.25) is 10.0 Å². The van der Waals surface area contributed by atoms with Gasteiger partial charge in [-0.3, -0.25) is 9.59 Å². The number of nitrogens with one attached hydrogen (secondary N) is 1. The number of methoxy groups -OCH3 is 1. The van der Waals surface area contributed by atoms with E-state index in [1.807, 2.05) is 0 Å². The SMILES string of the molecule is COCC(NC(=O)C1CCN(c2cc(Cl)ccc2Cl)C1=O)C(=O)O. The predicted octanol–water partition coefficient (Wildman–Crippen LogP) is 1.56. The molecule has 1 aromatic rings. The summed E-state index contributed by atoms with van der Waals surface area (Å²) < 4.78 is 4.75. The first-order valence-corrected chi connectivity index (χ1v) is 7.89. The van der Waals surface area contributed by atoms with E-state index in [1.165, 1.54) is 12.0 Å². The lowest BCUT2D eigenvalue weighted by molar-refractivity contribution is -0.145. The van der Waals surface area contributed by atoms with Gasteiger partial charge < -0.3 is 20.1 Å². The Morgan fingerprint density at radius 1 is 1.46 bits per heavy atom. The number of halogens is 2. The van der Waals surface area contributed by atoms with Crippen molar-refractivity contribution in [3.63, 3.8) is 0 Å². The maximum absolute atomic E-state index is 12.5. The van der Waals surface area contributed by atoms with Crippen molar-refractivity contribution in [2.45, 2.75) is 12.5 Å². The third-order valence-electron chi connectivity index (χ3n) is 3.67. The van der Waals surface area contributed by atoms with E-state index in [4.69, 9.17) is 33.0 Å². The fraction of sp³-hybridized carbons (Fsp3) is 0.400. The molecule has 0 saturated carbocycles. The molecule has 0 aromatic heterocycles. The van der Waals surface area contributed by atoms with Crippen molar-refractivity contribution in [2.24, 2.45) is 5.92 Å². The molecule has 1 aliphatic heterocycles. The Kier molecular flexibility index (Phi) is 6.04. The molecular weight excluding hydrogens is 359 g/mol. The highest BCUT2D eigenvalue weighted by atomic mass is 35.5. The van der Waals surface area contributed by atoms with E-state index in [0.29, 0.717) is 22.3 Å². The minimum absolute atomic E-state index is 0.189. The minimum Gasteiger partial charge on any atom is -0.480 e. The van der Waals surface area contributed by atoms with Crippen molar-refractivity contribution in [1.82, 2.24) is 5.32 Å². The standard InChI is InChI=1S/C15H16Cl2N2O5/c1-24-7-11(15(22)23)18-13(20)9-4-5-19(14(9)21)12-6-8(16)2-3-10(12)17/h2-3,6,9,11H,4-5,7H2,1H3,(H,18,20)(H,22,23). The molecule has 1 saturated heterocycles. The molecule has 1 fully saturated rings. The van der Waals surface area contributed by atoms with Crippen LogP contribution in [0, 0.1) is 5.92 Å². The van der Waals surface area contributed by atoms with Gasteiger partial charge in [-0.05, 0) is 24.6 Å². The molecule has 9 heteroatoms. The molecule has 0 radical (unpaired) electrons. The van der Waals surface area contributed by atoms with Crippen molar-refractivity contribution >= 4 is 46.7 Å². The summed E-state index contributed by atoms with van der Waals surface area (Å²) >= 11 is 12.0. The number of hydrogen-bond acceptors (Lipinski definition) is 4. The number of carboxylic acid groups (broad SMARTS) is 1. The molecule has 2 N–H and O–H groups in total. The third-order valence-corrected chi connectivity index (χ3v) is 4.22. The van der Waals surface area contributed by atoms with Crippen molar-refractivity contribution in [3.05, 3.63) is 28.2 Å². The van der Waals surface area contributed by atoms with E-state index in [9.17, 15) is 14.4 Å². The van der Waals surface area contributed by atoms with Crippen LogP contribution in [0.3, 0.4) is 0 Å². The van der Waals surface area contributed by atoms with E-state index in [1.54, 1.807) is 18.2 Å². The second kappa shape index (κ2) is 7.83. The number of rotatable bonds is 6. The highest BCUT2D eigenvalue weighted by Crippen LogP contribution is 2.33. The van der Waals surface area contributed by atoms with Crippen LogP contribution < -0.4 is 10.2 Å². The Morgan fingerprint density at radius 3 is 2.79 bits per heavy atom. The quantitative estimate of drug-likeness (QED) is 0.736. The van der Waals surface area contributed by atoms with Gasteiger partial charge in [0.25, 0.3) is 0 Å². The molecule has 0 spiro atoms. The lowest BCUT2D eigenvalue weighted by Gasteiger charge is -2.19. The van der Waals surface area contributed by atoms with Gasteiger partial charge in [0.1, 0.15) is 5.92 Å². The summed E-state index contributed by atoms with van der Waals surface area (Å²) in [5.74, 6) is -3.30. The van der Waals surface area contributed by atoms with E-state index in [0.717, 1.165) is 0 Å². The number of anilines is 1. The van der Waals surface area contributed by atoms with Gasteiger partial charge in [0.2, 0.25) is 11.8 Å². The molecule has 130 valence electrons. The van der Waals surface area contributed by atoms with Crippen molar-refractivity contribution in [3.8, 4) is 0 Å². The zero-order valence-corrected chi connectivity index (χ0v) is 14.3. The van der Waals surface area contributed by atoms with Gasteiger partial charge in [0.15, 0.2) is 6.04 Å². The maximum Gasteiger partial charge on any atom is 0.328 e. The number of ether oxygens (including phenoxy) is 1. The van der Waals surface area contributed by atoms with Gasteiger partial charge in [-0.25, -0.2) is 4.79 Å². The van der Waals surface area contributed by atoms with Crippen LogP contribution in [0.15, 0.2) is 18.2 Å². The molecule has 1 heterocycles. The summed E-state index contributed by atoms with van der Waals surface area (Å²) in [6, 6.07) is 3.51. The number of benzene rings is 1. The van der Waals surface area contributed by atoms with Crippen LogP contribution in [0.5, 0.6) is 0 Å². The molecule has 2 amide bonds. The van der Waals surface area contributed by atoms with Crippen molar-refractivity contribution < 1.29 is 24.2 Å². The second-order valence-electron chi connectivity index (χ2n) is 5.28. The molecule has 0 bridgehead atoms.